The van der Waals surface area contributed by atoms with Crippen LogP contribution in [0.25, 0.3) is 0 Å². The smallest absolute Gasteiger partial charge is 0.258 e. The molecule has 4 rings (SSSR count). The minimum atomic E-state index is -0.341. The zero-order chi connectivity index (χ0) is 20.5. The van der Waals surface area contributed by atoms with E-state index in [0.29, 0.717) is 5.56 Å². The first-order chi connectivity index (χ1) is 13.9. The Morgan fingerprint density at radius 1 is 1.00 bits per heavy atom. The molecule has 3 aromatic carbocycles. The molecule has 4 heteroatoms. The highest BCUT2D eigenvalue weighted by molar-refractivity contribution is 6.07. The van der Waals surface area contributed by atoms with Crippen molar-refractivity contribution in [1.82, 2.24) is 0 Å². The van der Waals surface area contributed by atoms with Crippen molar-refractivity contribution >= 4 is 17.3 Å². The highest BCUT2D eigenvalue weighted by atomic mass is 19.1. The fourth-order valence-electron chi connectivity index (χ4n) is 4.08. The van der Waals surface area contributed by atoms with Crippen molar-refractivity contribution in [2.75, 3.05) is 10.2 Å². The predicted octanol–water partition coefficient (Wildman–Crippen LogP) is 6.03. The van der Waals surface area contributed by atoms with Gasteiger partial charge in [-0.25, -0.2) is 4.39 Å². The Kier molecular flexibility index (Phi) is 5.10. The number of hydrogen-bond acceptors (Lipinski definition) is 2. The molecule has 1 N–H and O–H groups in total. The highest BCUT2D eigenvalue weighted by Crippen LogP contribution is 2.40. The van der Waals surface area contributed by atoms with Crippen LogP contribution in [0.2, 0.25) is 0 Å². The summed E-state index contributed by atoms with van der Waals surface area (Å²) < 4.78 is 13.3. The Morgan fingerprint density at radius 2 is 1.72 bits per heavy atom. The molecule has 0 radical (unpaired) electrons. The van der Waals surface area contributed by atoms with E-state index < -0.39 is 0 Å². The zero-order valence-corrected chi connectivity index (χ0v) is 16.9. The van der Waals surface area contributed by atoms with Gasteiger partial charge in [-0.3, -0.25) is 4.79 Å². The quantitative estimate of drug-likeness (QED) is 0.594. The number of nitrogens with zero attached hydrogens (tertiary/aromatic N) is 1. The third-order valence-electron chi connectivity index (χ3n) is 5.51. The molecule has 0 unspecified atom stereocenters. The monoisotopic (exact) mass is 388 g/mol. The summed E-state index contributed by atoms with van der Waals surface area (Å²) >= 11 is 0. The van der Waals surface area contributed by atoms with Gasteiger partial charge in [-0.15, -0.1) is 0 Å². The van der Waals surface area contributed by atoms with Gasteiger partial charge in [0, 0.05) is 23.0 Å². The number of hydrogen-bond donors (Lipinski definition) is 1. The Labute approximate surface area is 171 Å². The highest BCUT2D eigenvalue weighted by Gasteiger charge is 2.34. The fraction of sp³-hybridized carbons (Fsp3) is 0.240. The number of rotatable bonds is 3. The summed E-state index contributed by atoms with van der Waals surface area (Å²) in [5.41, 5.74) is 5.90. The molecule has 1 aliphatic rings. The average Bonchev–Trinajstić information content (AvgIpc) is 2.68. The third kappa shape index (κ3) is 3.88. The molecule has 0 bridgehead atoms. The van der Waals surface area contributed by atoms with Gasteiger partial charge < -0.3 is 10.2 Å². The van der Waals surface area contributed by atoms with Gasteiger partial charge in [0.1, 0.15) is 5.82 Å². The lowest BCUT2D eigenvalue weighted by Crippen LogP contribution is -2.44. The summed E-state index contributed by atoms with van der Waals surface area (Å²) in [4.78, 5) is 15.1. The molecule has 1 amide bonds. The van der Waals surface area contributed by atoms with Crippen LogP contribution >= 0.6 is 0 Å². The third-order valence-corrected chi connectivity index (χ3v) is 5.51. The second kappa shape index (κ2) is 7.70. The maximum atomic E-state index is 13.3. The van der Waals surface area contributed by atoms with Crippen LogP contribution in [0, 0.1) is 19.7 Å². The van der Waals surface area contributed by atoms with Gasteiger partial charge in [-0.2, -0.15) is 0 Å². The first-order valence-electron chi connectivity index (χ1n) is 9.95. The van der Waals surface area contributed by atoms with Gasteiger partial charge >= 0.3 is 0 Å². The molecule has 0 aliphatic carbocycles. The molecule has 2 atom stereocenters. The van der Waals surface area contributed by atoms with Gasteiger partial charge in [0.25, 0.3) is 5.91 Å². The molecule has 0 fully saturated rings. The van der Waals surface area contributed by atoms with E-state index in [-0.39, 0.29) is 23.8 Å². The molecule has 3 nitrogen and oxygen atoms in total. The number of fused-ring (bicyclic) bond motifs is 1. The Morgan fingerprint density at radius 3 is 2.45 bits per heavy atom. The maximum absolute atomic E-state index is 13.3. The van der Waals surface area contributed by atoms with Crippen LogP contribution in [0.15, 0.2) is 66.7 Å². The zero-order valence-electron chi connectivity index (χ0n) is 16.9. The molecule has 1 heterocycles. The minimum Gasteiger partial charge on any atom is -0.378 e. The number of amides is 1. The number of aryl methyl sites for hydroxylation is 2. The van der Waals surface area contributed by atoms with E-state index in [2.05, 4.69) is 55.6 Å². The van der Waals surface area contributed by atoms with Crippen LogP contribution in [0.4, 0.5) is 15.8 Å². The summed E-state index contributed by atoms with van der Waals surface area (Å²) in [6.07, 6.45) is 0.789. The molecule has 0 saturated carbocycles. The van der Waals surface area contributed by atoms with Crippen molar-refractivity contribution in [3.63, 3.8) is 0 Å². The van der Waals surface area contributed by atoms with E-state index in [1.807, 2.05) is 17.9 Å². The molecular weight excluding hydrogens is 363 g/mol. The first kappa shape index (κ1) is 19.2. The molecule has 3 aromatic rings. The van der Waals surface area contributed by atoms with E-state index in [1.54, 1.807) is 12.1 Å². The summed E-state index contributed by atoms with van der Waals surface area (Å²) in [5.74, 6) is -0.440. The second-order valence-electron chi connectivity index (χ2n) is 7.90. The van der Waals surface area contributed by atoms with Gasteiger partial charge in [0.15, 0.2) is 0 Å². The Bertz CT molecular complexity index is 1040. The van der Waals surface area contributed by atoms with Crippen LogP contribution in [-0.2, 0) is 0 Å². The SMILES string of the molecule is Cc1cccc(N[C@H]2C[C@H](C)N(C(=O)c3ccc(F)cc3)c3cc(C)ccc32)c1. The fourth-order valence-corrected chi connectivity index (χ4v) is 4.08. The number of carbonyl (C=O) groups is 1. The van der Waals surface area contributed by atoms with Crippen molar-refractivity contribution in [2.45, 2.75) is 39.3 Å². The molecule has 0 saturated heterocycles. The molecule has 29 heavy (non-hydrogen) atoms. The molecule has 0 aromatic heterocycles. The molecule has 1 aliphatic heterocycles. The molecule has 0 spiro atoms. The number of carbonyl (C=O) groups excluding carboxylic acids is 1. The van der Waals surface area contributed by atoms with E-state index >= 15 is 0 Å². The van der Waals surface area contributed by atoms with E-state index in [4.69, 9.17) is 0 Å². The number of halogens is 1. The van der Waals surface area contributed by atoms with Crippen LogP contribution in [0.3, 0.4) is 0 Å². The van der Waals surface area contributed by atoms with Crippen molar-refractivity contribution in [3.8, 4) is 0 Å². The largest absolute Gasteiger partial charge is 0.378 e. The summed E-state index contributed by atoms with van der Waals surface area (Å²) in [7, 11) is 0. The number of anilines is 2. The lowest BCUT2D eigenvalue weighted by Gasteiger charge is -2.40. The lowest BCUT2D eigenvalue weighted by molar-refractivity contribution is 0.0974. The van der Waals surface area contributed by atoms with E-state index in [0.717, 1.165) is 28.9 Å². The van der Waals surface area contributed by atoms with Crippen molar-refractivity contribution in [1.29, 1.82) is 0 Å². The Hall–Kier alpha value is -3.14. The molecule has 148 valence electrons. The lowest BCUT2D eigenvalue weighted by atomic mass is 9.90. The predicted molar refractivity (Wildman–Crippen MR) is 116 cm³/mol. The van der Waals surface area contributed by atoms with Crippen LogP contribution in [0.1, 0.15) is 46.4 Å². The average molecular weight is 388 g/mol. The normalized spacial score (nSPS) is 18.3. The van der Waals surface area contributed by atoms with Gasteiger partial charge in [-0.1, -0.05) is 24.3 Å². The summed E-state index contributed by atoms with van der Waals surface area (Å²) in [5, 5.41) is 3.65. The summed E-state index contributed by atoms with van der Waals surface area (Å²) in [6, 6.07) is 20.5. The van der Waals surface area contributed by atoms with E-state index in [9.17, 15) is 9.18 Å². The van der Waals surface area contributed by atoms with Crippen LogP contribution in [-0.4, -0.2) is 11.9 Å². The maximum Gasteiger partial charge on any atom is 0.258 e. The number of benzene rings is 3. The van der Waals surface area contributed by atoms with Gasteiger partial charge in [0.05, 0.1) is 6.04 Å². The number of nitrogens with one attached hydrogen (secondary N) is 1. The standard InChI is InChI=1S/C25H25FN2O/c1-16-5-4-6-21(13-16)27-23-15-18(3)28(24-14-17(2)7-12-22(23)24)25(29)19-8-10-20(26)11-9-19/h4-14,18,23,27H,15H2,1-3H3/t18-,23-/m0/s1. The minimum absolute atomic E-state index is 0.00385. The van der Waals surface area contributed by atoms with Gasteiger partial charge in [-0.05, 0) is 86.3 Å². The first-order valence-corrected chi connectivity index (χ1v) is 9.95. The van der Waals surface area contributed by atoms with Crippen LogP contribution < -0.4 is 10.2 Å². The van der Waals surface area contributed by atoms with Crippen molar-refractivity contribution in [2.24, 2.45) is 0 Å². The van der Waals surface area contributed by atoms with E-state index in [1.165, 1.54) is 17.7 Å². The topological polar surface area (TPSA) is 32.3 Å². The van der Waals surface area contributed by atoms with Gasteiger partial charge in [0.2, 0.25) is 0 Å². The van der Waals surface area contributed by atoms with Crippen LogP contribution in [0.5, 0.6) is 0 Å². The second-order valence-corrected chi connectivity index (χ2v) is 7.90. The van der Waals surface area contributed by atoms with Crippen molar-refractivity contribution in [3.05, 3.63) is 94.8 Å². The van der Waals surface area contributed by atoms with Crippen molar-refractivity contribution < 1.29 is 9.18 Å². The summed E-state index contributed by atoms with van der Waals surface area (Å²) in [6.45, 7) is 6.18. The Balaban J connectivity index is 1.72. The molecular formula is C25H25FN2O.